The molecule has 0 radical (unpaired) electrons. The lowest BCUT2D eigenvalue weighted by Crippen LogP contribution is -2.20. The van der Waals surface area contributed by atoms with Crippen LogP contribution in [0.15, 0.2) is 59.6 Å². The van der Waals surface area contributed by atoms with Crippen molar-refractivity contribution in [3.05, 3.63) is 81.3 Å². The third-order valence-corrected chi connectivity index (χ3v) is 5.19. The molecule has 3 rings (SSSR count). The van der Waals surface area contributed by atoms with Gasteiger partial charge in [0.25, 0.3) is 5.91 Å². The zero-order valence-electron chi connectivity index (χ0n) is 18.1. The van der Waals surface area contributed by atoms with Crippen LogP contribution in [0.4, 0.5) is 11.4 Å². The van der Waals surface area contributed by atoms with Crippen LogP contribution in [0, 0.1) is 13.8 Å². The molecule has 3 aromatic carbocycles. The standard InChI is InChI=1S/C25H24Cl2N2O3/c1-4-31-23-12-18(14-28-19-9-8-17(3)21(26)13-19)11-22(27)25(23)32-15-24(30)29-20-7-5-6-16(2)10-20/h5-14H,4,15H2,1-3H3,(H,29,30). The van der Waals surface area contributed by atoms with Gasteiger partial charge in [0.15, 0.2) is 18.1 Å². The molecule has 0 atom stereocenters. The predicted molar refractivity (Wildman–Crippen MR) is 131 cm³/mol. The Morgan fingerprint density at radius 3 is 2.56 bits per heavy atom. The third kappa shape index (κ3) is 6.49. The summed E-state index contributed by atoms with van der Waals surface area (Å²) < 4.78 is 11.4. The van der Waals surface area contributed by atoms with Gasteiger partial charge in [-0.05, 0) is 73.9 Å². The summed E-state index contributed by atoms with van der Waals surface area (Å²) in [5.41, 5.74) is 4.20. The first-order chi connectivity index (χ1) is 15.4. The highest BCUT2D eigenvalue weighted by Gasteiger charge is 2.14. The van der Waals surface area contributed by atoms with E-state index >= 15 is 0 Å². The van der Waals surface area contributed by atoms with E-state index in [1.165, 1.54) is 0 Å². The van der Waals surface area contributed by atoms with Gasteiger partial charge >= 0.3 is 0 Å². The van der Waals surface area contributed by atoms with Crippen LogP contribution in [-0.2, 0) is 4.79 Å². The summed E-state index contributed by atoms with van der Waals surface area (Å²) in [6.07, 6.45) is 1.67. The van der Waals surface area contributed by atoms with Crippen molar-refractivity contribution in [3.63, 3.8) is 0 Å². The van der Waals surface area contributed by atoms with Gasteiger partial charge in [0.2, 0.25) is 0 Å². The fourth-order valence-electron chi connectivity index (χ4n) is 2.93. The molecule has 0 aliphatic heterocycles. The van der Waals surface area contributed by atoms with Crippen LogP contribution < -0.4 is 14.8 Å². The monoisotopic (exact) mass is 470 g/mol. The number of nitrogens with one attached hydrogen (secondary N) is 1. The molecule has 0 saturated carbocycles. The Kier molecular flexibility index (Phi) is 8.14. The molecule has 0 unspecified atom stereocenters. The SMILES string of the molecule is CCOc1cc(C=Nc2ccc(C)c(Cl)c2)cc(Cl)c1OCC(=O)Nc1cccc(C)c1. The summed E-state index contributed by atoms with van der Waals surface area (Å²) >= 11 is 12.6. The predicted octanol–water partition coefficient (Wildman–Crippen LogP) is 6.78. The minimum atomic E-state index is -0.295. The van der Waals surface area contributed by atoms with Crippen LogP contribution in [0.3, 0.4) is 0 Å². The van der Waals surface area contributed by atoms with Crippen LogP contribution in [0.2, 0.25) is 10.0 Å². The number of amides is 1. The molecule has 0 aliphatic carbocycles. The molecule has 0 saturated heterocycles. The summed E-state index contributed by atoms with van der Waals surface area (Å²) in [5.74, 6) is 0.450. The van der Waals surface area contributed by atoms with Crippen LogP contribution >= 0.6 is 23.2 Å². The Bertz CT molecular complexity index is 1150. The number of rotatable bonds is 8. The summed E-state index contributed by atoms with van der Waals surface area (Å²) in [6.45, 7) is 5.96. The summed E-state index contributed by atoms with van der Waals surface area (Å²) in [6, 6.07) is 16.6. The molecular weight excluding hydrogens is 447 g/mol. The molecule has 3 aromatic rings. The molecule has 0 bridgehead atoms. The first-order valence-electron chi connectivity index (χ1n) is 10.1. The van der Waals surface area contributed by atoms with Gasteiger partial charge in [-0.2, -0.15) is 0 Å². The maximum absolute atomic E-state index is 12.3. The summed E-state index contributed by atoms with van der Waals surface area (Å²) in [5, 5.41) is 3.78. The van der Waals surface area contributed by atoms with E-state index in [1.54, 1.807) is 24.4 Å². The van der Waals surface area contributed by atoms with Crippen molar-refractivity contribution >= 4 is 46.7 Å². The average Bonchev–Trinajstić information content (AvgIpc) is 2.74. The number of hydrogen-bond donors (Lipinski definition) is 1. The lowest BCUT2D eigenvalue weighted by atomic mass is 10.2. The van der Waals surface area contributed by atoms with Gasteiger partial charge in [0, 0.05) is 16.9 Å². The van der Waals surface area contributed by atoms with Crippen molar-refractivity contribution in [2.45, 2.75) is 20.8 Å². The van der Waals surface area contributed by atoms with Crippen LogP contribution in [0.5, 0.6) is 11.5 Å². The highest BCUT2D eigenvalue weighted by Crippen LogP contribution is 2.36. The van der Waals surface area contributed by atoms with Crippen molar-refractivity contribution < 1.29 is 14.3 Å². The first-order valence-corrected chi connectivity index (χ1v) is 10.9. The Balaban J connectivity index is 1.73. The molecule has 32 heavy (non-hydrogen) atoms. The molecule has 5 nitrogen and oxygen atoms in total. The van der Waals surface area contributed by atoms with E-state index in [2.05, 4.69) is 10.3 Å². The number of aliphatic imine (C=N–C) groups is 1. The quantitative estimate of drug-likeness (QED) is 0.369. The smallest absolute Gasteiger partial charge is 0.262 e. The summed E-state index contributed by atoms with van der Waals surface area (Å²) in [7, 11) is 0. The molecule has 7 heteroatoms. The molecule has 0 spiro atoms. The van der Waals surface area contributed by atoms with Crippen molar-refractivity contribution in [2.75, 3.05) is 18.5 Å². The Hall–Kier alpha value is -3.02. The van der Waals surface area contributed by atoms with Gasteiger partial charge in [0.05, 0.1) is 17.3 Å². The third-order valence-electron chi connectivity index (χ3n) is 4.50. The number of benzene rings is 3. The fraction of sp³-hybridized carbons (Fsp3) is 0.200. The second-order valence-electron chi connectivity index (χ2n) is 7.16. The van der Waals surface area contributed by atoms with Crippen molar-refractivity contribution in [3.8, 4) is 11.5 Å². The largest absolute Gasteiger partial charge is 0.490 e. The highest BCUT2D eigenvalue weighted by atomic mass is 35.5. The number of ether oxygens (including phenoxy) is 2. The second kappa shape index (κ2) is 11.0. The van der Waals surface area contributed by atoms with E-state index in [0.29, 0.717) is 33.8 Å². The van der Waals surface area contributed by atoms with Crippen LogP contribution in [0.1, 0.15) is 23.6 Å². The first kappa shape index (κ1) is 23.6. The highest BCUT2D eigenvalue weighted by molar-refractivity contribution is 6.32. The number of anilines is 1. The lowest BCUT2D eigenvalue weighted by molar-refractivity contribution is -0.118. The minimum Gasteiger partial charge on any atom is -0.490 e. The molecular formula is C25H24Cl2N2O3. The normalized spacial score (nSPS) is 10.9. The number of carbonyl (C=O) groups excluding carboxylic acids is 1. The number of carbonyl (C=O) groups is 1. The van der Waals surface area contributed by atoms with Gasteiger partial charge in [-0.25, -0.2) is 0 Å². The van der Waals surface area contributed by atoms with Gasteiger partial charge in [0.1, 0.15) is 0 Å². The zero-order chi connectivity index (χ0) is 23.1. The number of aryl methyl sites for hydroxylation is 2. The van der Waals surface area contributed by atoms with E-state index < -0.39 is 0 Å². The van der Waals surface area contributed by atoms with Crippen LogP contribution in [-0.4, -0.2) is 25.3 Å². The molecule has 0 fully saturated rings. The minimum absolute atomic E-state index is 0.205. The van der Waals surface area contributed by atoms with Crippen molar-refractivity contribution in [2.24, 2.45) is 4.99 Å². The number of halogens is 2. The van der Waals surface area contributed by atoms with Gasteiger partial charge < -0.3 is 14.8 Å². The Morgan fingerprint density at radius 2 is 1.84 bits per heavy atom. The van der Waals surface area contributed by atoms with Gasteiger partial charge in [-0.3, -0.25) is 9.79 Å². The number of hydrogen-bond acceptors (Lipinski definition) is 4. The average molecular weight is 471 g/mol. The van der Waals surface area contributed by atoms with E-state index in [1.807, 2.05) is 57.2 Å². The molecule has 0 aliphatic rings. The Morgan fingerprint density at radius 1 is 1.03 bits per heavy atom. The van der Waals surface area contributed by atoms with Gasteiger partial charge in [-0.15, -0.1) is 0 Å². The van der Waals surface area contributed by atoms with Gasteiger partial charge in [-0.1, -0.05) is 41.4 Å². The van der Waals surface area contributed by atoms with E-state index in [-0.39, 0.29) is 12.5 Å². The molecule has 0 heterocycles. The molecule has 166 valence electrons. The molecule has 0 aromatic heterocycles. The lowest BCUT2D eigenvalue weighted by Gasteiger charge is -2.14. The van der Waals surface area contributed by atoms with Crippen molar-refractivity contribution in [1.29, 1.82) is 0 Å². The number of nitrogens with zero attached hydrogens (tertiary/aromatic N) is 1. The van der Waals surface area contributed by atoms with Crippen molar-refractivity contribution in [1.82, 2.24) is 0 Å². The van der Waals surface area contributed by atoms with E-state index in [0.717, 1.165) is 22.4 Å². The molecule has 1 amide bonds. The topological polar surface area (TPSA) is 59.9 Å². The second-order valence-corrected chi connectivity index (χ2v) is 7.98. The maximum Gasteiger partial charge on any atom is 0.262 e. The summed E-state index contributed by atoms with van der Waals surface area (Å²) in [4.78, 5) is 16.8. The van der Waals surface area contributed by atoms with Crippen LogP contribution in [0.25, 0.3) is 0 Å². The van der Waals surface area contributed by atoms with E-state index in [4.69, 9.17) is 32.7 Å². The maximum atomic E-state index is 12.3. The fourth-order valence-corrected chi connectivity index (χ4v) is 3.38. The molecule has 1 N–H and O–H groups in total. The zero-order valence-corrected chi connectivity index (χ0v) is 19.6. The van der Waals surface area contributed by atoms with E-state index in [9.17, 15) is 4.79 Å². The Labute approximate surface area is 198 Å².